The standard InChI is InChI=1S/C21H22F3N5O/c1-4-14(3)26-20-28-18(15-6-5-9-25-12-15)11-19(29-20)27-17-8-7-16(10-13(17)2)30-21(22,23)24/h5-12,14H,4H2,1-3H3,(H2,26,27,28,29)/t14-/m1/s1. The van der Waals surface area contributed by atoms with Crippen molar-refractivity contribution in [2.24, 2.45) is 0 Å². The summed E-state index contributed by atoms with van der Waals surface area (Å²) in [6, 6.07) is 9.73. The van der Waals surface area contributed by atoms with Crippen LogP contribution in [0, 0.1) is 6.92 Å². The molecule has 2 N–H and O–H groups in total. The summed E-state index contributed by atoms with van der Waals surface area (Å²) in [6.07, 6.45) is -0.462. The van der Waals surface area contributed by atoms with Crippen molar-refractivity contribution < 1.29 is 17.9 Å². The van der Waals surface area contributed by atoms with Crippen LogP contribution in [0.2, 0.25) is 0 Å². The van der Waals surface area contributed by atoms with Gasteiger partial charge >= 0.3 is 6.36 Å². The molecule has 0 saturated heterocycles. The van der Waals surface area contributed by atoms with Crippen molar-refractivity contribution in [2.45, 2.75) is 39.6 Å². The Balaban J connectivity index is 1.92. The number of hydrogen-bond donors (Lipinski definition) is 2. The molecule has 0 unspecified atom stereocenters. The minimum atomic E-state index is -4.73. The Kier molecular flexibility index (Phi) is 6.39. The molecule has 158 valence electrons. The molecule has 6 nitrogen and oxygen atoms in total. The van der Waals surface area contributed by atoms with Gasteiger partial charge in [-0.2, -0.15) is 4.98 Å². The number of aromatic nitrogens is 3. The normalized spacial score (nSPS) is 12.3. The van der Waals surface area contributed by atoms with Gasteiger partial charge in [-0.1, -0.05) is 6.92 Å². The number of ether oxygens (including phenoxy) is 1. The van der Waals surface area contributed by atoms with E-state index in [9.17, 15) is 13.2 Å². The monoisotopic (exact) mass is 417 g/mol. The number of halogens is 3. The van der Waals surface area contributed by atoms with Gasteiger partial charge < -0.3 is 15.4 Å². The highest BCUT2D eigenvalue weighted by atomic mass is 19.4. The van der Waals surface area contributed by atoms with Crippen molar-refractivity contribution >= 4 is 17.5 Å². The molecule has 0 aliphatic heterocycles. The zero-order chi connectivity index (χ0) is 21.7. The van der Waals surface area contributed by atoms with Gasteiger partial charge in [-0.25, -0.2) is 4.98 Å². The quantitative estimate of drug-likeness (QED) is 0.514. The minimum absolute atomic E-state index is 0.169. The molecule has 0 spiro atoms. The Morgan fingerprint density at radius 2 is 1.93 bits per heavy atom. The molecule has 0 amide bonds. The first kappa shape index (κ1) is 21.4. The van der Waals surface area contributed by atoms with Gasteiger partial charge in [0.25, 0.3) is 0 Å². The molecule has 3 aromatic rings. The van der Waals surface area contributed by atoms with E-state index in [-0.39, 0.29) is 11.8 Å². The van der Waals surface area contributed by atoms with Crippen molar-refractivity contribution in [1.29, 1.82) is 0 Å². The fraction of sp³-hybridized carbons (Fsp3) is 0.286. The molecule has 0 aliphatic rings. The fourth-order valence-corrected chi connectivity index (χ4v) is 2.67. The lowest BCUT2D eigenvalue weighted by Gasteiger charge is -2.16. The Bertz CT molecular complexity index is 996. The lowest BCUT2D eigenvalue weighted by molar-refractivity contribution is -0.274. The maximum atomic E-state index is 12.4. The third-order valence-corrected chi connectivity index (χ3v) is 4.37. The second-order valence-corrected chi connectivity index (χ2v) is 6.81. The van der Waals surface area contributed by atoms with Crippen LogP contribution in [0.25, 0.3) is 11.3 Å². The van der Waals surface area contributed by atoms with Gasteiger partial charge in [0.15, 0.2) is 0 Å². The molecule has 0 fully saturated rings. The van der Waals surface area contributed by atoms with E-state index in [1.165, 1.54) is 18.2 Å². The highest BCUT2D eigenvalue weighted by Gasteiger charge is 2.31. The van der Waals surface area contributed by atoms with Gasteiger partial charge in [-0.05, 0) is 56.2 Å². The molecular formula is C21H22F3N5O. The van der Waals surface area contributed by atoms with Crippen LogP contribution >= 0.6 is 0 Å². The number of benzene rings is 1. The van der Waals surface area contributed by atoms with Gasteiger partial charge in [-0.15, -0.1) is 13.2 Å². The van der Waals surface area contributed by atoms with E-state index in [0.29, 0.717) is 28.7 Å². The maximum Gasteiger partial charge on any atom is 0.573 e. The first-order chi connectivity index (χ1) is 14.2. The van der Waals surface area contributed by atoms with Crippen LogP contribution in [-0.4, -0.2) is 27.4 Å². The van der Waals surface area contributed by atoms with Crippen molar-refractivity contribution in [1.82, 2.24) is 15.0 Å². The van der Waals surface area contributed by atoms with E-state index in [0.717, 1.165) is 12.0 Å². The molecule has 0 radical (unpaired) electrons. The zero-order valence-electron chi connectivity index (χ0n) is 16.8. The Morgan fingerprint density at radius 1 is 1.13 bits per heavy atom. The maximum absolute atomic E-state index is 12.4. The lowest BCUT2D eigenvalue weighted by Crippen LogP contribution is -2.17. The summed E-state index contributed by atoms with van der Waals surface area (Å²) in [4.78, 5) is 13.2. The number of aryl methyl sites for hydroxylation is 1. The predicted molar refractivity (Wildman–Crippen MR) is 110 cm³/mol. The number of nitrogens with one attached hydrogen (secondary N) is 2. The largest absolute Gasteiger partial charge is 0.573 e. The van der Waals surface area contributed by atoms with Gasteiger partial charge in [0.1, 0.15) is 11.6 Å². The molecule has 9 heteroatoms. The van der Waals surface area contributed by atoms with Crippen LogP contribution in [0.5, 0.6) is 5.75 Å². The van der Waals surface area contributed by atoms with Crippen LogP contribution in [0.15, 0.2) is 48.8 Å². The summed E-state index contributed by atoms with van der Waals surface area (Å²) in [5.74, 6) is 0.675. The van der Waals surface area contributed by atoms with Crippen molar-refractivity contribution in [3.05, 3.63) is 54.4 Å². The predicted octanol–water partition coefficient (Wildman–Crippen LogP) is 5.70. The average molecular weight is 417 g/mol. The molecule has 0 bridgehead atoms. The highest BCUT2D eigenvalue weighted by Crippen LogP contribution is 2.29. The number of rotatable bonds is 7. The Morgan fingerprint density at radius 3 is 2.57 bits per heavy atom. The second kappa shape index (κ2) is 8.98. The van der Waals surface area contributed by atoms with Gasteiger partial charge in [0.2, 0.25) is 5.95 Å². The van der Waals surface area contributed by atoms with E-state index in [1.807, 2.05) is 19.1 Å². The summed E-state index contributed by atoms with van der Waals surface area (Å²) < 4.78 is 41.3. The molecule has 2 aromatic heterocycles. The SMILES string of the molecule is CC[C@@H](C)Nc1nc(Nc2ccc(OC(F)(F)F)cc2C)cc(-c2cccnc2)n1. The minimum Gasteiger partial charge on any atom is -0.406 e. The highest BCUT2D eigenvalue weighted by molar-refractivity contribution is 5.68. The number of hydrogen-bond acceptors (Lipinski definition) is 6. The van der Waals surface area contributed by atoms with Crippen LogP contribution in [0.3, 0.4) is 0 Å². The fourth-order valence-electron chi connectivity index (χ4n) is 2.67. The third kappa shape index (κ3) is 5.82. The Hall–Kier alpha value is -3.36. The van der Waals surface area contributed by atoms with E-state index in [2.05, 4.69) is 37.2 Å². The molecule has 30 heavy (non-hydrogen) atoms. The molecule has 0 saturated carbocycles. The number of alkyl halides is 3. The summed E-state index contributed by atoms with van der Waals surface area (Å²) in [6.45, 7) is 5.76. The smallest absolute Gasteiger partial charge is 0.406 e. The zero-order valence-corrected chi connectivity index (χ0v) is 16.8. The third-order valence-electron chi connectivity index (χ3n) is 4.37. The van der Waals surface area contributed by atoms with E-state index < -0.39 is 6.36 Å². The summed E-state index contributed by atoms with van der Waals surface area (Å²) in [5, 5.41) is 6.41. The summed E-state index contributed by atoms with van der Waals surface area (Å²) in [5.41, 5.74) is 2.67. The second-order valence-electron chi connectivity index (χ2n) is 6.81. The van der Waals surface area contributed by atoms with E-state index in [1.54, 1.807) is 25.4 Å². The van der Waals surface area contributed by atoms with Crippen LogP contribution < -0.4 is 15.4 Å². The summed E-state index contributed by atoms with van der Waals surface area (Å²) in [7, 11) is 0. The first-order valence-corrected chi connectivity index (χ1v) is 9.43. The Labute approximate surface area is 172 Å². The number of pyridine rings is 1. The van der Waals surface area contributed by atoms with Crippen LogP contribution in [0.4, 0.5) is 30.6 Å². The first-order valence-electron chi connectivity index (χ1n) is 9.43. The van der Waals surface area contributed by atoms with Gasteiger partial charge in [-0.3, -0.25) is 4.98 Å². The topological polar surface area (TPSA) is 72.0 Å². The molecular weight excluding hydrogens is 395 g/mol. The molecule has 1 atom stereocenters. The molecule has 2 heterocycles. The summed E-state index contributed by atoms with van der Waals surface area (Å²) >= 11 is 0. The van der Waals surface area contributed by atoms with E-state index in [4.69, 9.17) is 0 Å². The average Bonchev–Trinajstić information content (AvgIpc) is 2.69. The number of nitrogens with zero attached hydrogens (tertiary/aromatic N) is 3. The van der Waals surface area contributed by atoms with Crippen LogP contribution in [-0.2, 0) is 0 Å². The number of anilines is 3. The van der Waals surface area contributed by atoms with Crippen molar-refractivity contribution in [3.63, 3.8) is 0 Å². The van der Waals surface area contributed by atoms with Crippen molar-refractivity contribution in [3.8, 4) is 17.0 Å². The van der Waals surface area contributed by atoms with Gasteiger partial charge in [0, 0.05) is 35.8 Å². The van der Waals surface area contributed by atoms with Crippen molar-refractivity contribution in [2.75, 3.05) is 10.6 Å². The lowest BCUT2D eigenvalue weighted by atomic mass is 10.1. The molecule has 0 aliphatic carbocycles. The van der Waals surface area contributed by atoms with Gasteiger partial charge in [0.05, 0.1) is 5.69 Å². The van der Waals surface area contributed by atoms with E-state index >= 15 is 0 Å². The molecule has 3 rings (SSSR count). The molecule has 1 aromatic carbocycles. The van der Waals surface area contributed by atoms with Crippen LogP contribution in [0.1, 0.15) is 25.8 Å².